The summed E-state index contributed by atoms with van der Waals surface area (Å²) >= 11 is 0. The Hall–Kier alpha value is -0.350. The van der Waals surface area contributed by atoms with Crippen LogP contribution in [0, 0.1) is 13.8 Å². The molecule has 2 rings (SSSR count). The SMILES string of the molecule is CCCCCCC1CCC(C(CCCCC)c2ccc(C)cc2C)P1. The van der Waals surface area contributed by atoms with Gasteiger partial charge < -0.3 is 0 Å². The molecule has 0 saturated carbocycles. The number of hydrogen-bond acceptors (Lipinski definition) is 0. The van der Waals surface area contributed by atoms with Crippen LogP contribution >= 0.6 is 8.58 Å². The molecule has 0 radical (unpaired) electrons. The van der Waals surface area contributed by atoms with Gasteiger partial charge >= 0.3 is 0 Å². The van der Waals surface area contributed by atoms with Gasteiger partial charge in [-0.15, -0.1) is 8.58 Å². The van der Waals surface area contributed by atoms with Crippen LogP contribution in [0.3, 0.4) is 0 Å². The lowest BCUT2D eigenvalue weighted by Gasteiger charge is -2.26. The number of hydrogen-bond donors (Lipinski definition) is 0. The van der Waals surface area contributed by atoms with Crippen LogP contribution in [0.4, 0.5) is 0 Å². The minimum absolute atomic E-state index is 0.825. The third-order valence-corrected chi connectivity index (χ3v) is 8.28. The van der Waals surface area contributed by atoms with Crippen molar-refractivity contribution < 1.29 is 0 Å². The van der Waals surface area contributed by atoms with Gasteiger partial charge in [0.25, 0.3) is 0 Å². The normalized spacial score (nSPS) is 22.6. The van der Waals surface area contributed by atoms with Crippen molar-refractivity contribution in [3.63, 3.8) is 0 Å². The fourth-order valence-electron chi connectivity index (χ4n) is 4.64. The van der Waals surface area contributed by atoms with Gasteiger partial charge in [-0.1, -0.05) is 82.6 Å². The predicted molar refractivity (Wildman–Crippen MR) is 117 cm³/mol. The molecule has 1 aliphatic heterocycles. The number of benzene rings is 1. The molecule has 4 atom stereocenters. The van der Waals surface area contributed by atoms with E-state index in [0.717, 1.165) is 17.2 Å². The van der Waals surface area contributed by atoms with E-state index < -0.39 is 0 Å². The number of aryl methyl sites for hydroxylation is 2. The Labute approximate surface area is 159 Å². The molecule has 0 bridgehead atoms. The highest BCUT2D eigenvalue weighted by molar-refractivity contribution is 7.40. The van der Waals surface area contributed by atoms with Crippen LogP contribution in [-0.4, -0.2) is 11.3 Å². The van der Waals surface area contributed by atoms with E-state index in [0.29, 0.717) is 0 Å². The molecule has 1 saturated heterocycles. The fraction of sp³-hybridized carbons (Fsp3) is 0.750. The Morgan fingerprint density at radius 3 is 2.44 bits per heavy atom. The van der Waals surface area contributed by atoms with Crippen molar-refractivity contribution >= 4 is 8.58 Å². The van der Waals surface area contributed by atoms with Crippen molar-refractivity contribution in [1.29, 1.82) is 0 Å². The molecule has 1 heterocycles. The van der Waals surface area contributed by atoms with Crippen molar-refractivity contribution in [2.75, 3.05) is 0 Å². The van der Waals surface area contributed by atoms with E-state index in [2.05, 4.69) is 45.9 Å². The zero-order valence-electron chi connectivity index (χ0n) is 17.2. The fourth-order valence-corrected chi connectivity index (χ4v) is 6.86. The van der Waals surface area contributed by atoms with E-state index in [9.17, 15) is 0 Å². The predicted octanol–water partition coefficient (Wildman–Crippen LogP) is 8.15. The van der Waals surface area contributed by atoms with Gasteiger partial charge in [-0.25, -0.2) is 0 Å². The molecule has 0 amide bonds. The zero-order chi connectivity index (χ0) is 18.1. The summed E-state index contributed by atoms with van der Waals surface area (Å²) in [6.45, 7) is 9.22. The first-order chi connectivity index (χ1) is 12.2. The molecule has 1 heteroatoms. The Morgan fingerprint density at radius 2 is 1.72 bits per heavy atom. The smallest absolute Gasteiger partial charge is 0.00939 e. The Bertz CT molecular complexity index is 493. The summed E-state index contributed by atoms with van der Waals surface area (Å²) in [7, 11) is 1.21. The van der Waals surface area contributed by atoms with Crippen molar-refractivity contribution in [3.05, 3.63) is 34.9 Å². The summed E-state index contributed by atoms with van der Waals surface area (Å²) < 4.78 is 0. The standard InChI is InChI=1S/C24H41P/c1-5-7-9-11-12-21-15-17-24(25-21)23(13-10-8-6-2)22-16-14-19(3)18-20(22)4/h14,16,18,21,23-25H,5-13,15,17H2,1-4H3. The van der Waals surface area contributed by atoms with Crippen LogP contribution in [0.5, 0.6) is 0 Å². The quantitative estimate of drug-likeness (QED) is 0.276. The average molecular weight is 361 g/mol. The van der Waals surface area contributed by atoms with Crippen LogP contribution in [0.2, 0.25) is 0 Å². The highest BCUT2D eigenvalue weighted by atomic mass is 31.1. The molecule has 0 N–H and O–H groups in total. The van der Waals surface area contributed by atoms with Crippen LogP contribution in [-0.2, 0) is 0 Å². The minimum atomic E-state index is 0.825. The van der Waals surface area contributed by atoms with Crippen LogP contribution in [0.1, 0.15) is 107 Å². The second-order valence-electron chi connectivity index (χ2n) is 8.36. The highest BCUT2D eigenvalue weighted by Gasteiger charge is 2.31. The molecular formula is C24H41P. The lowest BCUT2D eigenvalue weighted by Crippen LogP contribution is -2.13. The molecule has 0 aromatic heterocycles. The summed E-state index contributed by atoms with van der Waals surface area (Å²) in [5, 5.41) is 0. The van der Waals surface area contributed by atoms with Crippen molar-refractivity contribution in [1.82, 2.24) is 0 Å². The van der Waals surface area contributed by atoms with Crippen molar-refractivity contribution in [2.24, 2.45) is 0 Å². The molecule has 1 fully saturated rings. The number of unbranched alkanes of at least 4 members (excludes halogenated alkanes) is 5. The van der Waals surface area contributed by atoms with E-state index in [4.69, 9.17) is 0 Å². The maximum atomic E-state index is 2.46. The largest absolute Gasteiger partial charge is 0.115 e. The first-order valence-corrected chi connectivity index (χ1v) is 12.1. The first-order valence-electron chi connectivity index (χ1n) is 11.0. The Balaban J connectivity index is 1.98. The monoisotopic (exact) mass is 360 g/mol. The van der Waals surface area contributed by atoms with Crippen molar-refractivity contribution in [2.45, 2.75) is 116 Å². The summed E-state index contributed by atoms with van der Waals surface area (Å²) in [6.07, 6.45) is 15.8. The topological polar surface area (TPSA) is 0 Å². The van der Waals surface area contributed by atoms with E-state index >= 15 is 0 Å². The maximum Gasteiger partial charge on any atom is -0.00939 e. The zero-order valence-corrected chi connectivity index (χ0v) is 18.2. The minimum Gasteiger partial charge on any atom is -0.115 e. The molecule has 0 aliphatic carbocycles. The summed E-state index contributed by atoms with van der Waals surface area (Å²) in [4.78, 5) is 0. The molecule has 1 aliphatic rings. The highest BCUT2D eigenvalue weighted by Crippen LogP contribution is 2.50. The third-order valence-electron chi connectivity index (χ3n) is 6.11. The van der Waals surface area contributed by atoms with Gasteiger partial charge in [-0.2, -0.15) is 0 Å². The van der Waals surface area contributed by atoms with Gasteiger partial charge in [0.2, 0.25) is 0 Å². The van der Waals surface area contributed by atoms with Gasteiger partial charge in [0.15, 0.2) is 0 Å². The lowest BCUT2D eigenvalue weighted by molar-refractivity contribution is 0.526. The Kier molecular flexibility index (Phi) is 9.54. The average Bonchev–Trinajstić information content (AvgIpc) is 3.05. The first kappa shape index (κ1) is 21.0. The van der Waals surface area contributed by atoms with Gasteiger partial charge in [0, 0.05) is 0 Å². The molecule has 142 valence electrons. The molecule has 4 unspecified atom stereocenters. The van der Waals surface area contributed by atoms with Crippen LogP contribution < -0.4 is 0 Å². The van der Waals surface area contributed by atoms with E-state index in [1.54, 1.807) is 5.56 Å². The van der Waals surface area contributed by atoms with E-state index in [-0.39, 0.29) is 0 Å². The molecule has 0 spiro atoms. The van der Waals surface area contributed by atoms with Crippen LogP contribution in [0.15, 0.2) is 18.2 Å². The van der Waals surface area contributed by atoms with Gasteiger partial charge in [-0.05, 0) is 67.9 Å². The second kappa shape index (κ2) is 11.4. The molecular weight excluding hydrogens is 319 g/mol. The third kappa shape index (κ3) is 6.71. The second-order valence-corrected chi connectivity index (χ2v) is 10.3. The van der Waals surface area contributed by atoms with Gasteiger partial charge in [0.1, 0.15) is 0 Å². The van der Waals surface area contributed by atoms with Crippen molar-refractivity contribution in [3.8, 4) is 0 Å². The number of rotatable bonds is 11. The summed E-state index contributed by atoms with van der Waals surface area (Å²) in [5.41, 5.74) is 6.63. The summed E-state index contributed by atoms with van der Waals surface area (Å²) in [5.74, 6) is 0.825. The molecule has 1 aromatic rings. The Morgan fingerprint density at radius 1 is 0.960 bits per heavy atom. The van der Waals surface area contributed by atoms with Gasteiger partial charge in [0.05, 0.1) is 0 Å². The maximum absolute atomic E-state index is 2.46. The van der Waals surface area contributed by atoms with Gasteiger partial charge in [-0.3, -0.25) is 0 Å². The van der Waals surface area contributed by atoms with E-state index in [1.807, 2.05) is 0 Å². The molecule has 25 heavy (non-hydrogen) atoms. The molecule has 1 aromatic carbocycles. The van der Waals surface area contributed by atoms with E-state index in [1.165, 1.54) is 90.3 Å². The summed E-state index contributed by atoms with van der Waals surface area (Å²) in [6, 6.07) is 7.21. The van der Waals surface area contributed by atoms with Crippen LogP contribution in [0.25, 0.3) is 0 Å². The lowest BCUT2D eigenvalue weighted by atomic mass is 9.85. The molecule has 0 nitrogen and oxygen atoms in total.